The molecule has 0 spiro atoms. The molecule has 0 fully saturated rings. The third-order valence-corrected chi connectivity index (χ3v) is 3.66. The van der Waals surface area contributed by atoms with E-state index in [0.717, 1.165) is 11.6 Å². The SMILES string of the molecule is COc1ccc(CNC(=O)N(C)Cc2ccccc2)c(C(F)(F)F)c1. The molecule has 0 saturated carbocycles. The summed E-state index contributed by atoms with van der Waals surface area (Å²) in [6, 6.07) is 12.5. The molecule has 0 bridgehead atoms. The number of alkyl halides is 3. The van der Waals surface area contributed by atoms with Gasteiger partial charge in [-0.1, -0.05) is 36.4 Å². The highest BCUT2D eigenvalue weighted by Gasteiger charge is 2.33. The van der Waals surface area contributed by atoms with E-state index in [1.807, 2.05) is 30.3 Å². The lowest BCUT2D eigenvalue weighted by Gasteiger charge is -2.19. The van der Waals surface area contributed by atoms with E-state index < -0.39 is 17.8 Å². The van der Waals surface area contributed by atoms with Crippen LogP contribution in [-0.4, -0.2) is 25.1 Å². The van der Waals surface area contributed by atoms with Crippen molar-refractivity contribution >= 4 is 6.03 Å². The monoisotopic (exact) mass is 352 g/mol. The minimum atomic E-state index is -4.52. The molecule has 0 unspecified atom stereocenters. The third kappa shape index (κ3) is 5.14. The van der Waals surface area contributed by atoms with Crippen molar-refractivity contribution in [2.45, 2.75) is 19.3 Å². The smallest absolute Gasteiger partial charge is 0.416 e. The molecule has 2 rings (SSSR count). The minimum absolute atomic E-state index is 0.0187. The molecule has 0 heterocycles. The van der Waals surface area contributed by atoms with Crippen molar-refractivity contribution in [1.82, 2.24) is 10.2 Å². The molecule has 2 amide bonds. The van der Waals surface area contributed by atoms with Crippen molar-refractivity contribution in [3.63, 3.8) is 0 Å². The van der Waals surface area contributed by atoms with E-state index in [1.54, 1.807) is 7.05 Å². The first-order chi connectivity index (χ1) is 11.8. The summed E-state index contributed by atoms with van der Waals surface area (Å²) >= 11 is 0. The Balaban J connectivity index is 2.04. The predicted octanol–water partition coefficient (Wildman–Crippen LogP) is 4.06. The second kappa shape index (κ2) is 7.92. The van der Waals surface area contributed by atoms with Crippen molar-refractivity contribution < 1.29 is 22.7 Å². The molecule has 25 heavy (non-hydrogen) atoms. The summed E-state index contributed by atoms with van der Waals surface area (Å²) in [6.07, 6.45) is -4.52. The van der Waals surface area contributed by atoms with Gasteiger partial charge in [0, 0.05) is 20.1 Å². The van der Waals surface area contributed by atoms with Gasteiger partial charge in [-0.15, -0.1) is 0 Å². The Morgan fingerprint density at radius 1 is 1.16 bits per heavy atom. The summed E-state index contributed by atoms with van der Waals surface area (Å²) in [6.45, 7) is 0.137. The van der Waals surface area contributed by atoms with Crippen LogP contribution in [0.25, 0.3) is 0 Å². The summed E-state index contributed by atoms with van der Waals surface area (Å²) in [5.74, 6) is 0.114. The first-order valence-electron chi connectivity index (χ1n) is 7.58. The summed E-state index contributed by atoms with van der Waals surface area (Å²) in [7, 11) is 2.89. The largest absolute Gasteiger partial charge is 0.497 e. The van der Waals surface area contributed by atoms with Gasteiger partial charge in [-0.2, -0.15) is 13.2 Å². The van der Waals surface area contributed by atoms with Crippen LogP contribution < -0.4 is 10.1 Å². The number of methoxy groups -OCH3 is 1. The summed E-state index contributed by atoms with van der Waals surface area (Å²) < 4.78 is 44.3. The molecule has 2 aromatic carbocycles. The lowest BCUT2D eigenvalue weighted by molar-refractivity contribution is -0.138. The van der Waals surface area contributed by atoms with E-state index >= 15 is 0 Å². The maximum Gasteiger partial charge on any atom is 0.416 e. The van der Waals surface area contributed by atoms with Crippen molar-refractivity contribution in [3.8, 4) is 5.75 Å². The predicted molar refractivity (Wildman–Crippen MR) is 88.1 cm³/mol. The molecular weight excluding hydrogens is 333 g/mol. The molecule has 134 valence electrons. The minimum Gasteiger partial charge on any atom is -0.497 e. The number of carbonyl (C=O) groups is 1. The van der Waals surface area contributed by atoms with E-state index in [9.17, 15) is 18.0 Å². The zero-order chi connectivity index (χ0) is 18.4. The lowest BCUT2D eigenvalue weighted by Crippen LogP contribution is -2.36. The molecule has 0 aromatic heterocycles. The Morgan fingerprint density at radius 3 is 2.44 bits per heavy atom. The van der Waals surface area contributed by atoms with Crippen molar-refractivity contribution in [2.24, 2.45) is 0 Å². The van der Waals surface area contributed by atoms with E-state index in [2.05, 4.69) is 5.32 Å². The molecular formula is C18H19F3N2O2. The number of hydrogen-bond acceptors (Lipinski definition) is 2. The maximum atomic E-state index is 13.2. The molecule has 7 heteroatoms. The number of urea groups is 1. The fraction of sp³-hybridized carbons (Fsp3) is 0.278. The zero-order valence-electron chi connectivity index (χ0n) is 13.9. The van der Waals surface area contributed by atoms with Gasteiger partial charge >= 0.3 is 12.2 Å². The highest BCUT2D eigenvalue weighted by Crippen LogP contribution is 2.34. The number of halogens is 3. The van der Waals surface area contributed by atoms with Gasteiger partial charge in [0.25, 0.3) is 0 Å². The standard InChI is InChI=1S/C18H19F3N2O2/c1-23(12-13-6-4-3-5-7-13)17(24)22-11-14-8-9-15(25-2)10-16(14)18(19,20)21/h3-10H,11-12H2,1-2H3,(H,22,24). The van der Waals surface area contributed by atoms with Gasteiger partial charge in [-0.25, -0.2) is 4.79 Å². The maximum absolute atomic E-state index is 13.2. The fourth-order valence-corrected chi connectivity index (χ4v) is 2.34. The van der Waals surface area contributed by atoms with Gasteiger partial charge in [-0.05, 0) is 23.3 Å². The van der Waals surface area contributed by atoms with Crippen LogP contribution in [0.2, 0.25) is 0 Å². The van der Waals surface area contributed by atoms with Gasteiger partial charge in [0.1, 0.15) is 5.75 Å². The van der Waals surface area contributed by atoms with E-state index in [1.165, 1.54) is 24.1 Å². The van der Waals surface area contributed by atoms with Gasteiger partial charge in [0.05, 0.1) is 12.7 Å². The van der Waals surface area contributed by atoms with Gasteiger partial charge in [-0.3, -0.25) is 0 Å². The van der Waals surface area contributed by atoms with Crippen LogP contribution in [0.1, 0.15) is 16.7 Å². The Labute approximate surface area is 144 Å². The molecule has 0 aliphatic carbocycles. The second-order valence-electron chi connectivity index (χ2n) is 5.52. The van der Waals surface area contributed by atoms with Crippen LogP contribution in [-0.2, 0) is 19.3 Å². The van der Waals surface area contributed by atoms with Crippen LogP contribution in [0.15, 0.2) is 48.5 Å². The van der Waals surface area contributed by atoms with Gasteiger partial charge in [0.2, 0.25) is 0 Å². The molecule has 0 atom stereocenters. The normalized spacial score (nSPS) is 11.1. The number of hydrogen-bond donors (Lipinski definition) is 1. The number of nitrogens with one attached hydrogen (secondary N) is 1. The van der Waals surface area contributed by atoms with Gasteiger partial charge < -0.3 is 15.0 Å². The number of carbonyl (C=O) groups excluding carboxylic acids is 1. The molecule has 0 saturated heterocycles. The lowest BCUT2D eigenvalue weighted by atomic mass is 10.1. The van der Waals surface area contributed by atoms with E-state index in [4.69, 9.17) is 4.74 Å². The van der Waals surface area contributed by atoms with Gasteiger partial charge in [0.15, 0.2) is 0 Å². The average molecular weight is 352 g/mol. The third-order valence-electron chi connectivity index (χ3n) is 3.66. The molecule has 0 radical (unpaired) electrons. The van der Waals surface area contributed by atoms with Crippen LogP contribution in [0.5, 0.6) is 5.75 Å². The second-order valence-corrected chi connectivity index (χ2v) is 5.52. The van der Waals surface area contributed by atoms with Crippen LogP contribution in [0, 0.1) is 0 Å². The topological polar surface area (TPSA) is 41.6 Å². The molecule has 0 aliphatic heterocycles. The Bertz CT molecular complexity index is 718. The van der Waals surface area contributed by atoms with Crippen molar-refractivity contribution in [3.05, 3.63) is 65.2 Å². The molecule has 2 aromatic rings. The van der Waals surface area contributed by atoms with Crippen LogP contribution in [0.3, 0.4) is 0 Å². The highest BCUT2D eigenvalue weighted by atomic mass is 19.4. The van der Waals surface area contributed by atoms with E-state index in [0.29, 0.717) is 6.54 Å². The summed E-state index contributed by atoms with van der Waals surface area (Å²) in [5.41, 5.74) is 0.0909. The number of ether oxygens (including phenoxy) is 1. The first kappa shape index (κ1) is 18.6. The molecule has 1 N–H and O–H groups in total. The number of nitrogens with zero attached hydrogens (tertiary/aromatic N) is 1. The quantitative estimate of drug-likeness (QED) is 0.882. The molecule has 4 nitrogen and oxygen atoms in total. The average Bonchev–Trinajstić information content (AvgIpc) is 2.59. The fourth-order valence-electron chi connectivity index (χ4n) is 2.34. The Morgan fingerprint density at radius 2 is 1.84 bits per heavy atom. The Kier molecular flexibility index (Phi) is 5.90. The zero-order valence-corrected chi connectivity index (χ0v) is 13.9. The van der Waals surface area contributed by atoms with Crippen molar-refractivity contribution in [2.75, 3.05) is 14.2 Å². The number of rotatable bonds is 5. The first-order valence-corrected chi connectivity index (χ1v) is 7.58. The molecule has 0 aliphatic rings. The summed E-state index contributed by atoms with van der Waals surface area (Å²) in [4.78, 5) is 13.5. The number of amides is 2. The van der Waals surface area contributed by atoms with Crippen LogP contribution in [0.4, 0.5) is 18.0 Å². The summed E-state index contributed by atoms with van der Waals surface area (Å²) in [5, 5.41) is 2.52. The van der Waals surface area contributed by atoms with Crippen LogP contribution >= 0.6 is 0 Å². The Hall–Kier alpha value is -2.70. The number of benzene rings is 2. The van der Waals surface area contributed by atoms with E-state index in [-0.39, 0.29) is 17.9 Å². The van der Waals surface area contributed by atoms with Crippen molar-refractivity contribution in [1.29, 1.82) is 0 Å². The highest BCUT2D eigenvalue weighted by molar-refractivity contribution is 5.73.